The number of ether oxygens (including phenoxy) is 3. The summed E-state index contributed by atoms with van der Waals surface area (Å²) in [5, 5.41) is 0. The van der Waals surface area contributed by atoms with Crippen LogP contribution in [0, 0.1) is 22.7 Å². The Labute approximate surface area is 197 Å². The van der Waals surface area contributed by atoms with Crippen LogP contribution >= 0.6 is 0 Å². The fraction of sp³-hybridized carbons (Fsp3) is 0.750. The van der Waals surface area contributed by atoms with Gasteiger partial charge in [0.05, 0.1) is 18.6 Å². The Morgan fingerprint density at radius 1 is 0.906 bits per heavy atom. The topological polar surface area (TPSA) is 44.8 Å². The molecule has 0 aliphatic carbocycles. The molecule has 0 fully saturated rings. The van der Waals surface area contributed by atoms with Gasteiger partial charge in [-0.1, -0.05) is 60.6 Å². The van der Waals surface area contributed by atoms with Crippen molar-refractivity contribution in [1.29, 1.82) is 0 Å². The van der Waals surface area contributed by atoms with Crippen molar-refractivity contribution in [2.24, 2.45) is 22.7 Å². The van der Waals surface area contributed by atoms with Gasteiger partial charge in [-0.3, -0.25) is 4.79 Å². The highest BCUT2D eigenvalue weighted by Crippen LogP contribution is 2.36. The Hall–Kier alpha value is -1.55. The van der Waals surface area contributed by atoms with Crippen LogP contribution in [-0.2, 0) is 14.3 Å². The van der Waals surface area contributed by atoms with Crippen molar-refractivity contribution in [3.05, 3.63) is 29.8 Å². The Morgan fingerprint density at radius 2 is 1.50 bits per heavy atom. The maximum Gasteiger partial charge on any atom is 0.311 e. The van der Waals surface area contributed by atoms with Crippen LogP contribution in [-0.4, -0.2) is 25.5 Å². The molecule has 32 heavy (non-hydrogen) atoms. The lowest BCUT2D eigenvalue weighted by molar-refractivity contribution is -0.156. The lowest BCUT2D eigenvalue weighted by atomic mass is 9.76. The maximum absolute atomic E-state index is 12.3. The van der Waals surface area contributed by atoms with Gasteiger partial charge in [-0.2, -0.15) is 0 Å². The molecule has 0 saturated carbocycles. The van der Waals surface area contributed by atoms with E-state index in [0.29, 0.717) is 42.8 Å². The molecule has 0 spiro atoms. The van der Waals surface area contributed by atoms with Gasteiger partial charge in [-0.25, -0.2) is 0 Å². The quantitative estimate of drug-likeness (QED) is 0.230. The van der Waals surface area contributed by atoms with Crippen LogP contribution in [0.2, 0.25) is 0 Å². The van der Waals surface area contributed by atoms with Crippen molar-refractivity contribution in [3.63, 3.8) is 0 Å². The van der Waals surface area contributed by atoms with Crippen molar-refractivity contribution in [2.75, 3.05) is 13.2 Å². The molecule has 2 unspecified atom stereocenters. The summed E-state index contributed by atoms with van der Waals surface area (Å²) in [6.07, 6.45) is 2.24. The first-order valence-electron chi connectivity index (χ1n) is 12.3. The van der Waals surface area contributed by atoms with E-state index in [2.05, 4.69) is 60.6 Å². The van der Waals surface area contributed by atoms with E-state index in [0.717, 1.165) is 18.6 Å². The van der Waals surface area contributed by atoms with Gasteiger partial charge < -0.3 is 14.2 Å². The molecule has 0 aliphatic rings. The molecular formula is C28H48O4. The minimum atomic E-state index is -0.572. The van der Waals surface area contributed by atoms with E-state index >= 15 is 0 Å². The predicted molar refractivity (Wildman–Crippen MR) is 133 cm³/mol. The first-order valence-corrected chi connectivity index (χ1v) is 12.3. The molecule has 1 aromatic rings. The highest BCUT2D eigenvalue weighted by Gasteiger charge is 2.29. The van der Waals surface area contributed by atoms with Gasteiger partial charge in [0.1, 0.15) is 5.75 Å². The summed E-state index contributed by atoms with van der Waals surface area (Å²) in [6, 6.07) is 8.41. The number of esters is 1. The average Bonchev–Trinajstić information content (AvgIpc) is 2.65. The van der Waals surface area contributed by atoms with Gasteiger partial charge in [0.25, 0.3) is 0 Å². The van der Waals surface area contributed by atoms with Crippen LogP contribution in [0.5, 0.6) is 5.75 Å². The Balaban J connectivity index is 2.52. The lowest BCUT2D eigenvalue weighted by Gasteiger charge is -2.29. The van der Waals surface area contributed by atoms with Crippen molar-refractivity contribution >= 4 is 5.97 Å². The molecular weight excluding hydrogens is 400 g/mol. The molecule has 0 bridgehead atoms. The summed E-state index contributed by atoms with van der Waals surface area (Å²) < 4.78 is 17.2. The third-order valence-corrected chi connectivity index (χ3v) is 5.81. The third-order valence-electron chi connectivity index (χ3n) is 5.81. The van der Waals surface area contributed by atoms with E-state index in [1.54, 1.807) is 0 Å². The number of carbonyl (C=O) groups is 1. The molecule has 4 nitrogen and oxygen atoms in total. The maximum atomic E-state index is 12.3. The smallest absolute Gasteiger partial charge is 0.311 e. The van der Waals surface area contributed by atoms with Crippen LogP contribution < -0.4 is 4.74 Å². The first-order chi connectivity index (χ1) is 14.7. The number of hydrogen-bond donors (Lipinski definition) is 0. The van der Waals surface area contributed by atoms with Crippen molar-refractivity contribution in [3.8, 4) is 5.75 Å². The molecule has 0 N–H and O–H groups in total. The van der Waals surface area contributed by atoms with Gasteiger partial charge in [-0.05, 0) is 80.9 Å². The van der Waals surface area contributed by atoms with Crippen LogP contribution in [0.15, 0.2) is 24.3 Å². The standard InChI is InChI=1S/C28H48O4/c1-20(2)15-17-31-26(29)28(9,10)16-18-30-22(5)32-24-13-11-23(12-14-24)25(21(3)4)19-27(6,7)8/h11-14,20-22,25H,15-19H2,1-10H3. The summed E-state index contributed by atoms with van der Waals surface area (Å²) in [7, 11) is 0. The molecule has 4 heteroatoms. The summed E-state index contributed by atoms with van der Waals surface area (Å²) in [6.45, 7) is 22.3. The van der Waals surface area contributed by atoms with E-state index in [1.165, 1.54) is 5.56 Å². The molecule has 0 saturated heterocycles. The highest BCUT2D eigenvalue weighted by molar-refractivity contribution is 5.75. The molecule has 184 valence electrons. The minimum absolute atomic E-state index is 0.166. The lowest BCUT2D eigenvalue weighted by Crippen LogP contribution is -2.30. The van der Waals surface area contributed by atoms with E-state index in [-0.39, 0.29) is 12.3 Å². The van der Waals surface area contributed by atoms with Gasteiger partial charge >= 0.3 is 5.97 Å². The van der Waals surface area contributed by atoms with Crippen molar-refractivity contribution in [1.82, 2.24) is 0 Å². The second kappa shape index (κ2) is 12.6. The van der Waals surface area contributed by atoms with Crippen molar-refractivity contribution < 1.29 is 19.0 Å². The van der Waals surface area contributed by atoms with Gasteiger partial charge in [0.2, 0.25) is 0 Å². The summed E-state index contributed by atoms with van der Waals surface area (Å²) in [4.78, 5) is 12.3. The van der Waals surface area contributed by atoms with E-state index in [9.17, 15) is 4.79 Å². The molecule has 1 aromatic carbocycles. The van der Waals surface area contributed by atoms with Crippen LogP contribution in [0.25, 0.3) is 0 Å². The first kappa shape index (κ1) is 28.5. The molecule has 0 aromatic heterocycles. The molecule has 2 atom stereocenters. The fourth-order valence-corrected chi connectivity index (χ4v) is 3.58. The SMILES string of the molecule is CC(C)CCOC(=O)C(C)(C)CCOC(C)Oc1ccc(C(CC(C)(C)C)C(C)C)cc1. The van der Waals surface area contributed by atoms with E-state index in [4.69, 9.17) is 14.2 Å². The van der Waals surface area contributed by atoms with Crippen LogP contribution in [0.4, 0.5) is 0 Å². The zero-order valence-corrected chi connectivity index (χ0v) is 22.3. The molecule has 1 rings (SSSR count). The van der Waals surface area contributed by atoms with Gasteiger partial charge in [-0.15, -0.1) is 0 Å². The Kier molecular flexibility index (Phi) is 11.2. The predicted octanol–water partition coefficient (Wildman–Crippen LogP) is 7.61. The minimum Gasteiger partial charge on any atom is -0.465 e. The highest BCUT2D eigenvalue weighted by atomic mass is 16.7. The average molecular weight is 449 g/mol. The van der Waals surface area contributed by atoms with Gasteiger partial charge in [0.15, 0.2) is 6.29 Å². The molecule has 0 heterocycles. The number of hydrogen-bond acceptors (Lipinski definition) is 4. The molecule has 0 aliphatic heterocycles. The summed E-state index contributed by atoms with van der Waals surface area (Å²) in [5.74, 6) is 2.27. The third kappa shape index (κ3) is 10.8. The molecule has 0 amide bonds. The number of rotatable bonds is 13. The summed E-state index contributed by atoms with van der Waals surface area (Å²) >= 11 is 0. The zero-order chi connectivity index (χ0) is 24.5. The fourth-order valence-electron chi connectivity index (χ4n) is 3.58. The Morgan fingerprint density at radius 3 is 2.00 bits per heavy atom. The Bertz CT molecular complexity index is 668. The van der Waals surface area contributed by atoms with Gasteiger partial charge in [0, 0.05) is 0 Å². The largest absolute Gasteiger partial charge is 0.465 e. The number of carbonyl (C=O) groups excluding carboxylic acids is 1. The molecule has 0 radical (unpaired) electrons. The van der Waals surface area contributed by atoms with E-state index in [1.807, 2.05) is 32.9 Å². The van der Waals surface area contributed by atoms with Crippen LogP contribution in [0.1, 0.15) is 100.0 Å². The second-order valence-corrected chi connectivity index (χ2v) is 11.7. The normalized spacial score (nSPS) is 14.5. The van der Waals surface area contributed by atoms with Crippen molar-refractivity contribution in [2.45, 2.75) is 101 Å². The summed E-state index contributed by atoms with van der Waals surface area (Å²) in [5.41, 5.74) is 1.08. The monoisotopic (exact) mass is 448 g/mol. The number of benzene rings is 1. The zero-order valence-electron chi connectivity index (χ0n) is 22.3. The second-order valence-electron chi connectivity index (χ2n) is 11.7. The van der Waals surface area contributed by atoms with Crippen LogP contribution in [0.3, 0.4) is 0 Å². The van der Waals surface area contributed by atoms with E-state index < -0.39 is 5.41 Å².